The van der Waals surface area contributed by atoms with E-state index in [2.05, 4.69) is 12.0 Å². The Labute approximate surface area is 77.5 Å². The largest absolute Gasteiger partial charge is 0.273 e. The molecule has 1 saturated carbocycles. The molecule has 0 amide bonds. The number of rotatable bonds is 2. The quantitative estimate of drug-likeness (QED) is 0.644. The first-order chi connectivity index (χ1) is 5.74. The maximum Gasteiger partial charge on any atom is 0.0527 e. The molecule has 2 unspecified atom stereocenters. The summed E-state index contributed by atoms with van der Waals surface area (Å²) in [5.74, 6) is 2.18. The Bertz CT molecular complexity index is 293. The molecule has 0 N–H and O–H groups in total. The van der Waals surface area contributed by atoms with Crippen molar-refractivity contribution in [2.45, 2.75) is 19.3 Å². The molecule has 2 atom stereocenters. The van der Waals surface area contributed by atoms with Crippen LogP contribution in [0.5, 0.6) is 0 Å². The van der Waals surface area contributed by atoms with Gasteiger partial charge in [0.05, 0.1) is 6.20 Å². The van der Waals surface area contributed by atoms with Gasteiger partial charge in [-0.05, 0) is 30.7 Å². The Hall–Kier alpha value is -0.500. The number of alkyl halides is 1. The van der Waals surface area contributed by atoms with E-state index in [1.807, 2.05) is 17.9 Å². The molecule has 1 fully saturated rings. The number of aromatic nitrogens is 2. The SMILES string of the molecule is Cc1c(C2CC2CCl)cnn1C. The Kier molecular flexibility index (Phi) is 1.87. The van der Waals surface area contributed by atoms with Crippen molar-refractivity contribution in [1.29, 1.82) is 0 Å². The smallest absolute Gasteiger partial charge is 0.0527 e. The van der Waals surface area contributed by atoms with E-state index in [1.165, 1.54) is 17.7 Å². The van der Waals surface area contributed by atoms with Crippen LogP contribution in [0.2, 0.25) is 0 Å². The van der Waals surface area contributed by atoms with Crippen LogP contribution in [0.1, 0.15) is 23.6 Å². The van der Waals surface area contributed by atoms with E-state index in [9.17, 15) is 0 Å². The fourth-order valence-electron chi connectivity index (χ4n) is 1.68. The molecule has 1 aromatic rings. The molecular weight excluding hydrogens is 172 g/mol. The number of aryl methyl sites for hydroxylation is 1. The molecule has 3 heteroatoms. The first-order valence-electron chi connectivity index (χ1n) is 4.28. The Morgan fingerprint density at radius 3 is 2.92 bits per heavy atom. The van der Waals surface area contributed by atoms with Gasteiger partial charge in [-0.1, -0.05) is 0 Å². The van der Waals surface area contributed by atoms with Gasteiger partial charge in [0, 0.05) is 18.6 Å². The van der Waals surface area contributed by atoms with Crippen LogP contribution in [-0.2, 0) is 7.05 Å². The summed E-state index contributed by atoms with van der Waals surface area (Å²) >= 11 is 5.78. The molecular formula is C9H13ClN2. The molecule has 1 heterocycles. The van der Waals surface area contributed by atoms with Crippen LogP contribution in [0.4, 0.5) is 0 Å². The molecule has 66 valence electrons. The van der Waals surface area contributed by atoms with Crippen LogP contribution in [0.25, 0.3) is 0 Å². The predicted octanol–water partition coefficient (Wildman–Crippen LogP) is 2.07. The first kappa shape index (κ1) is 8.11. The monoisotopic (exact) mass is 184 g/mol. The summed E-state index contributed by atoms with van der Waals surface area (Å²) in [5.41, 5.74) is 2.68. The summed E-state index contributed by atoms with van der Waals surface area (Å²) in [7, 11) is 1.98. The molecule has 2 nitrogen and oxygen atoms in total. The zero-order chi connectivity index (χ0) is 8.72. The van der Waals surface area contributed by atoms with Crippen molar-refractivity contribution in [3.63, 3.8) is 0 Å². The lowest BCUT2D eigenvalue weighted by atomic mass is 10.1. The normalized spacial score (nSPS) is 27.6. The Morgan fingerprint density at radius 2 is 2.50 bits per heavy atom. The molecule has 1 aromatic heterocycles. The molecule has 1 aliphatic rings. The van der Waals surface area contributed by atoms with Gasteiger partial charge in [0.1, 0.15) is 0 Å². The van der Waals surface area contributed by atoms with Gasteiger partial charge >= 0.3 is 0 Å². The van der Waals surface area contributed by atoms with Crippen LogP contribution in [0.3, 0.4) is 0 Å². The fourth-order valence-corrected chi connectivity index (χ4v) is 2.02. The highest BCUT2D eigenvalue weighted by Crippen LogP contribution is 2.48. The highest BCUT2D eigenvalue weighted by Gasteiger charge is 2.39. The van der Waals surface area contributed by atoms with Gasteiger partial charge in [-0.15, -0.1) is 11.6 Å². The molecule has 2 rings (SSSR count). The lowest BCUT2D eigenvalue weighted by Gasteiger charge is -1.97. The van der Waals surface area contributed by atoms with E-state index in [0.29, 0.717) is 11.8 Å². The molecule has 0 aliphatic heterocycles. The molecule has 1 aliphatic carbocycles. The van der Waals surface area contributed by atoms with Gasteiger partial charge < -0.3 is 0 Å². The third-order valence-electron chi connectivity index (χ3n) is 2.79. The third kappa shape index (κ3) is 1.14. The summed E-state index contributed by atoms with van der Waals surface area (Å²) < 4.78 is 1.93. The topological polar surface area (TPSA) is 17.8 Å². The second-order valence-corrected chi connectivity index (χ2v) is 3.87. The van der Waals surface area contributed by atoms with Crippen molar-refractivity contribution in [3.8, 4) is 0 Å². The Balaban J connectivity index is 2.20. The van der Waals surface area contributed by atoms with E-state index in [-0.39, 0.29) is 0 Å². The first-order valence-corrected chi connectivity index (χ1v) is 4.82. The van der Waals surface area contributed by atoms with Crippen LogP contribution < -0.4 is 0 Å². The summed E-state index contributed by atoms with van der Waals surface area (Å²) in [6.07, 6.45) is 3.22. The van der Waals surface area contributed by atoms with Crippen molar-refractivity contribution >= 4 is 11.6 Å². The molecule has 0 aromatic carbocycles. The van der Waals surface area contributed by atoms with E-state index in [1.54, 1.807) is 0 Å². The highest BCUT2D eigenvalue weighted by molar-refractivity contribution is 6.18. The number of hydrogen-bond acceptors (Lipinski definition) is 1. The average molecular weight is 185 g/mol. The van der Waals surface area contributed by atoms with Gasteiger partial charge in [-0.25, -0.2) is 0 Å². The number of hydrogen-bond donors (Lipinski definition) is 0. The van der Waals surface area contributed by atoms with Crippen LogP contribution in [-0.4, -0.2) is 15.7 Å². The lowest BCUT2D eigenvalue weighted by molar-refractivity contribution is 0.737. The number of nitrogens with zero attached hydrogens (tertiary/aromatic N) is 2. The second kappa shape index (κ2) is 2.77. The maximum atomic E-state index is 5.78. The van der Waals surface area contributed by atoms with Crippen molar-refractivity contribution in [1.82, 2.24) is 9.78 Å². The third-order valence-corrected chi connectivity index (χ3v) is 3.19. The molecule has 0 radical (unpaired) electrons. The minimum Gasteiger partial charge on any atom is -0.273 e. The summed E-state index contributed by atoms with van der Waals surface area (Å²) in [6, 6.07) is 0. The highest BCUT2D eigenvalue weighted by atomic mass is 35.5. The summed E-state index contributed by atoms with van der Waals surface area (Å²) in [6.45, 7) is 2.12. The minimum atomic E-state index is 0.691. The van der Waals surface area contributed by atoms with Gasteiger partial charge in [0.25, 0.3) is 0 Å². The van der Waals surface area contributed by atoms with Crippen LogP contribution in [0.15, 0.2) is 6.20 Å². The molecule has 0 spiro atoms. The average Bonchev–Trinajstić information content (AvgIpc) is 2.77. The van der Waals surface area contributed by atoms with Crippen LogP contribution >= 0.6 is 11.6 Å². The van der Waals surface area contributed by atoms with Crippen LogP contribution in [0, 0.1) is 12.8 Å². The lowest BCUT2D eigenvalue weighted by Crippen LogP contribution is -1.94. The van der Waals surface area contributed by atoms with Crippen molar-refractivity contribution in [2.75, 3.05) is 5.88 Å². The maximum absolute atomic E-state index is 5.78. The zero-order valence-corrected chi connectivity index (χ0v) is 8.17. The predicted molar refractivity (Wildman–Crippen MR) is 49.5 cm³/mol. The van der Waals surface area contributed by atoms with Gasteiger partial charge in [-0.2, -0.15) is 5.10 Å². The van der Waals surface area contributed by atoms with Gasteiger partial charge in [0.15, 0.2) is 0 Å². The summed E-state index contributed by atoms with van der Waals surface area (Å²) in [4.78, 5) is 0. The van der Waals surface area contributed by atoms with Crippen molar-refractivity contribution in [3.05, 3.63) is 17.5 Å². The fraction of sp³-hybridized carbons (Fsp3) is 0.667. The second-order valence-electron chi connectivity index (χ2n) is 3.57. The van der Waals surface area contributed by atoms with Crippen molar-refractivity contribution in [2.24, 2.45) is 13.0 Å². The van der Waals surface area contributed by atoms with E-state index in [4.69, 9.17) is 11.6 Å². The number of halogens is 1. The van der Waals surface area contributed by atoms with E-state index in [0.717, 1.165) is 5.88 Å². The van der Waals surface area contributed by atoms with Crippen molar-refractivity contribution < 1.29 is 0 Å². The van der Waals surface area contributed by atoms with E-state index < -0.39 is 0 Å². The van der Waals surface area contributed by atoms with Gasteiger partial charge in [-0.3, -0.25) is 4.68 Å². The minimum absolute atomic E-state index is 0.691. The molecule has 0 bridgehead atoms. The standard InChI is InChI=1S/C9H13ClN2/c1-6-9(5-11-12(6)2)8-3-7(8)4-10/h5,7-8H,3-4H2,1-2H3. The zero-order valence-electron chi connectivity index (χ0n) is 7.42. The molecule has 0 saturated heterocycles. The Morgan fingerprint density at radius 1 is 1.75 bits per heavy atom. The molecule has 12 heavy (non-hydrogen) atoms. The van der Waals surface area contributed by atoms with E-state index >= 15 is 0 Å². The summed E-state index contributed by atoms with van der Waals surface area (Å²) in [5, 5.41) is 4.22. The van der Waals surface area contributed by atoms with Gasteiger partial charge in [0.2, 0.25) is 0 Å².